The van der Waals surface area contributed by atoms with E-state index in [0.717, 1.165) is 12.8 Å². The summed E-state index contributed by atoms with van der Waals surface area (Å²) in [6.45, 7) is 10.5. The summed E-state index contributed by atoms with van der Waals surface area (Å²) < 4.78 is 10.4. The van der Waals surface area contributed by atoms with E-state index in [4.69, 9.17) is 9.47 Å². The van der Waals surface area contributed by atoms with Crippen LogP contribution in [0.15, 0.2) is 0 Å². The Morgan fingerprint density at radius 2 is 1.28 bits per heavy atom. The van der Waals surface area contributed by atoms with Crippen molar-refractivity contribution in [2.75, 3.05) is 6.61 Å². The fraction of sp³-hybridized carbons (Fsp3) is 0.905. The summed E-state index contributed by atoms with van der Waals surface area (Å²) >= 11 is 0. The van der Waals surface area contributed by atoms with Crippen molar-refractivity contribution in [1.82, 2.24) is 0 Å². The van der Waals surface area contributed by atoms with Crippen molar-refractivity contribution in [3.8, 4) is 0 Å². The minimum Gasteiger partial charge on any atom is -0.465 e. The summed E-state index contributed by atoms with van der Waals surface area (Å²) in [5.74, 6) is -0.988. The van der Waals surface area contributed by atoms with Crippen molar-refractivity contribution >= 4 is 11.9 Å². The summed E-state index contributed by atoms with van der Waals surface area (Å²) in [6, 6.07) is 0. The minimum absolute atomic E-state index is 0.129. The van der Waals surface area contributed by atoms with E-state index in [-0.39, 0.29) is 17.9 Å². The molecule has 0 heterocycles. The molecule has 4 heteroatoms. The fourth-order valence-corrected chi connectivity index (χ4v) is 2.36. The van der Waals surface area contributed by atoms with Crippen molar-refractivity contribution in [2.45, 2.75) is 111 Å². The molecule has 0 aromatic rings. The highest BCUT2D eigenvalue weighted by molar-refractivity contribution is 5.91. The van der Waals surface area contributed by atoms with Crippen molar-refractivity contribution in [3.63, 3.8) is 0 Å². The van der Waals surface area contributed by atoms with Gasteiger partial charge in [-0.05, 0) is 18.8 Å². The molecule has 25 heavy (non-hydrogen) atoms. The number of hydrogen-bond donors (Lipinski definition) is 0. The molecule has 0 rings (SSSR count). The number of unbranched alkanes of at least 4 members (excludes halogenated alkanes) is 9. The third kappa shape index (κ3) is 14.9. The fourth-order valence-electron chi connectivity index (χ4n) is 2.36. The van der Waals surface area contributed by atoms with Crippen LogP contribution in [0.3, 0.4) is 0 Å². The smallest absolute Gasteiger partial charge is 0.317 e. The largest absolute Gasteiger partial charge is 0.465 e. The lowest BCUT2D eigenvalue weighted by molar-refractivity contribution is -0.160. The van der Waals surface area contributed by atoms with Crippen LogP contribution in [0.5, 0.6) is 0 Å². The Bertz CT molecular complexity index is 357. The number of ether oxygens (including phenoxy) is 2. The number of carbonyl (C=O) groups is 2. The van der Waals surface area contributed by atoms with Crippen molar-refractivity contribution in [3.05, 3.63) is 0 Å². The van der Waals surface area contributed by atoms with Gasteiger partial charge in [0, 0.05) is 0 Å². The van der Waals surface area contributed by atoms with Gasteiger partial charge in [0.2, 0.25) is 0 Å². The van der Waals surface area contributed by atoms with E-state index >= 15 is 0 Å². The topological polar surface area (TPSA) is 52.6 Å². The van der Waals surface area contributed by atoms with Crippen LogP contribution >= 0.6 is 0 Å². The second-order valence-corrected chi connectivity index (χ2v) is 8.08. The van der Waals surface area contributed by atoms with Gasteiger partial charge in [-0.1, -0.05) is 85.5 Å². The van der Waals surface area contributed by atoms with Crippen LogP contribution in [0.2, 0.25) is 0 Å². The van der Waals surface area contributed by atoms with Gasteiger partial charge in [0.15, 0.2) is 0 Å². The van der Waals surface area contributed by atoms with E-state index in [1.165, 1.54) is 51.4 Å². The quantitative estimate of drug-likeness (QED) is 0.224. The lowest BCUT2D eigenvalue weighted by Crippen LogP contribution is -2.29. The van der Waals surface area contributed by atoms with E-state index in [2.05, 4.69) is 6.92 Å². The molecule has 0 radical (unpaired) electrons. The maximum absolute atomic E-state index is 11.7. The maximum Gasteiger partial charge on any atom is 0.317 e. The number of carbonyl (C=O) groups excluding carboxylic acids is 2. The molecule has 0 aliphatic heterocycles. The van der Waals surface area contributed by atoms with Crippen molar-refractivity contribution in [1.29, 1.82) is 0 Å². The van der Waals surface area contributed by atoms with E-state index in [0.29, 0.717) is 6.61 Å². The molecule has 1 atom stereocenters. The summed E-state index contributed by atoms with van der Waals surface area (Å²) in [6.07, 6.45) is 11.9. The average molecular weight is 357 g/mol. The Morgan fingerprint density at radius 1 is 0.800 bits per heavy atom. The zero-order chi connectivity index (χ0) is 19.1. The number of rotatable bonds is 14. The molecule has 1 unspecified atom stereocenters. The van der Waals surface area contributed by atoms with Gasteiger partial charge in [-0.15, -0.1) is 0 Å². The highest BCUT2D eigenvalue weighted by Gasteiger charge is 2.24. The maximum atomic E-state index is 11.7. The second-order valence-electron chi connectivity index (χ2n) is 8.08. The van der Waals surface area contributed by atoms with Crippen LogP contribution in [0, 0.1) is 5.41 Å². The molecule has 0 aliphatic rings. The molecule has 0 saturated carbocycles. The molecule has 0 amide bonds. The molecule has 0 N–H and O–H groups in total. The monoisotopic (exact) mass is 356 g/mol. The lowest BCUT2D eigenvalue weighted by atomic mass is 9.90. The van der Waals surface area contributed by atoms with Crippen LogP contribution in [0.25, 0.3) is 0 Å². The third-order valence-electron chi connectivity index (χ3n) is 4.58. The molecule has 0 fully saturated rings. The van der Waals surface area contributed by atoms with Gasteiger partial charge < -0.3 is 9.47 Å². The van der Waals surface area contributed by atoms with Gasteiger partial charge in [0.1, 0.15) is 12.5 Å². The lowest BCUT2D eigenvalue weighted by Gasteiger charge is -2.26. The summed E-state index contributed by atoms with van der Waals surface area (Å²) in [5.41, 5.74) is -0.129. The first-order chi connectivity index (χ1) is 11.8. The van der Waals surface area contributed by atoms with Crippen LogP contribution in [0.4, 0.5) is 0 Å². The number of hydrogen-bond acceptors (Lipinski definition) is 4. The summed E-state index contributed by atoms with van der Waals surface area (Å²) in [4.78, 5) is 23.3. The van der Waals surface area contributed by atoms with E-state index in [1.54, 1.807) is 0 Å². The van der Waals surface area contributed by atoms with Crippen molar-refractivity contribution in [2.24, 2.45) is 5.41 Å². The molecule has 0 aliphatic carbocycles. The minimum atomic E-state index is -0.504. The predicted molar refractivity (Wildman–Crippen MR) is 102 cm³/mol. The van der Waals surface area contributed by atoms with E-state index in [9.17, 15) is 9.59 Å². The average Bonchev–Trinajstić information content (AvgIpc) is 2.51. The standard InChI is InChI=1S/C21H40O4/c1-6-7-8-9-10-11-12-13-14-15-16-24-19(22)17-20(23)25-18(2)21(3,4)5/h18H,6-17H2,1-5H3. The van der Waals surface area contributed by atoms with Crippen molar-refractivity contribution < 1.29 is 19.1 Å². The first-order valence-electron chi connectivity index (χ1n) is 10.1. The summed E-state index contributed by atoms with van der Waals surface area (Å²) in [5, 5.41) is 0. The first kappa shape index (κ1) is 23.9. The second kappa shape index (κ2) is 14.1. The highest BCUT2D eigenvalue weighted by atomic mass is 16.6. The first-order valence-corrected chi connectivity index (χ1v) is 10.1. The van der Waals surface area contributed by atoms with Crippen LogP contribution in [-0.4, -0.2) is 24.6 Å². The number of esters is 2. The van der Waals surface area contributed by atoms with Gasteiger partial charge in [-0.2, -0.15) is 0 Å². The Hall–Kier alpha value is -1.06. The van der Waals surface area contributed by atoms with Crippen LogP contribution in [-0.2, 0) is 19.1 Å². The molecule has 0 aromatic heterocycles. The Kier molecular flexibility index (Phi) is 13.5. The van der Waals surface area contributed by atoms with E-state index in [1.807, 2.05) is 27.7 Å². The molecular formula is C21H40O4. The van der Waals surface area contributed by atoms with Crippen LogP contribution < -0.4 is 0 Å². The highest BCUT2D eigenvalue weighted by Crippen LogP contribution is 2.22. The Labute approximate surface area is 155 Å². The molecule has 0 saturated heterocycles. The van der Waals surface area contributed by atoms with E-state index < -0.39 is 11.9 Å². The van der Waals surface area contributed by atoms with Gasteiger partial charge >= 0.3 is 11.9 Å². The predicted octanol–water partition coefficient (Wildman–Crippen LogP) is 5.82. The zero-order valence-electron chi connectivity index (χ0n) is 17.2. The molecule has 148 valence electrons. The van der Waals surface area contributed by atoms with Crippen LogP contribution in [0.1, 0.15) is 105 Å². The molecule has 0 spiro atoms. The van der Waals surface area contributed by atoms with Gasteiger partial charge in [0.25, 0.3) is 0 Å². The summed E-state index contributed by atoms with van der Waals surface area (Å²) in [7, 11) is 0. The van der Waals surface area contributed by atoms with Gasteiger partial charge in [-0.3, -0.25) is 9.59 Å². The molecule has 0 bridgehead atoms. The third-order valence-corrected chi connectivity index (χ3v) is 4.58. The molecular weight excluding hydrogens is 316 g/mol. The Balaban J connectivity index is 3.51. The molecule has 4 nitrogen and oxygen atoms in total. The van der Waals surface area contributed by atoms with Gasteiger partial charge in [-0.25, -0.2) is 0 Å². The molecule has 0 aromatic carbocycles. The SMILES string of the molecule is CCCCCCCCCCCCOC(=O)CC(=O)OC(C)C(C)(C)C. The van der Waals surface area contributed by atoms with Gasteiger partial charge in [0.05, 0.1) is 6.61 Å². The zero-order valence-corrected chi connectivity index (χ0v) is 17.2. The Morgan fingerprint density at radius 3 is 1.76 bits per heavy atom. The normalized spacial score (nSPS) is 12.7.